The molecule has 0 aliphatic rings. The van der Waals surface area contributed by atoms with Crippen LogP contribution in [-0.4, -0.2) is 23.7 Å². The molecule has 0 aliphatic carbocycles. The lowest BCUT2D eigenvalue weighted by atomic mass is 10.1. The fourth-order valence-corrected chi connectivity index (χ4v) is 1.75. The fourth-order valence-electron chi connectivity index (χ4n) is 1.56. The van der Waals surface area contributed by atoms with Crippen molar-refractivity contribution in [3.8, 4) is 5.75 Å². The summed E-state index contributed by atoms with van der Waals surface area (Å²) in [7, 11) is 0. The second-order valence-corrected chi connectivity index (χ2v) is 4.62. The number of halogens is 1. The Kier molecular flexibility index (Phi) is 5.44. The summed E-state index contributed by atoms with van der Waals surface area (Å²) in [6.45, 7) is 5.96. The summed E-state index contributed by atoms with van der Waals surface area (Å²) in [5, 5.41) is 12.7. The van der Waals surface area contributed by atoms with Gasteiger partial charge in [0.1, 0.15) is 11.8 Å². The van der Waals surface area contributed by atoms with Gasteiger partial charge in [0.05, 0.1) is 11.6 Å². The van der Waals surface area contributed by atoms with E-state index in [0.29, 0.717) is 12.2 Å². The van der Waals surface area contributed by atoms with E-state index >= 15 is 0 Å². The first-order valence-corrected chi connectivity index (χ1v) is 6.24. The molecule has 0 saturated heterocycles. The van der Waals surface area contributed by atoms with Crippen molar-refractivity contribution in [1.29, 1.82) is 0 Å². The Labute approximate surface area is 112 Å². The Hall–Kier alpha value is -1.26. The molecular formula is C13H18ClNO3. The lowest BCUT2D eigenvalue weighted by Gasteiger charge is -2.20. The summed E-state index contributed by atoms with van der Waals surface area (Å²) < 4.78 is 5.02. The Balaban J connectivity index is 3.00. The zero-order chi connectivity index (χ0) is 13.7. The van der Waals surface area contributed by atoms with Crippen LogP contribution in [0.15, 0.2) is 18.2 Å². The number of nitrogens with one attached hydrogen (secondary N) is 1. The van der Waals surface area contributed by atoms with Gasteiger partial charge in [-0.1, -0.05) is 17.7 Å². The van der Waals surface area contributed by atoms with Crippen molar-refractivity contribution in [2.24, 2.45) is 0 Å². The van der Waals surface area contributed by atoms with Gasteiger partial charge in [0.15, 0.2) is 0 Å². The number of carbonyl (C=O) groups is 1. The highest BCUT2D eigenvalue weighted by molar-refractivity contribution is 6.32. The van der Waals surface area contributed by atoms with Crippen molar-refractivity contribution in [3.63, 3.8) is 0 Å². The van der Waals surface area contributed by atoms with Crippen LogP contribution >= 0.6 is 11.6 Å². The van der Waals surface area contributed by atoms with Gasteiger partial charge in [0, 0.05) is 6.04 Å². The summed E-state index contributed by atoms with van der Waals surface area (Å²) in [6, 6.07) is 4.22. The molecule has 0 spiro atoms. The first kappa shape index (κ1) is 14.8. The molecule has 5 heteroatoms. The quantitative estimate of drug-likeness (QED) is 0.809. The minimum atomic E-state index is -0.581. The van der Waals surface area contributed by atoms with Crippen LogP contribution in [0.2, 0.25) is 5.02 Å². The lowest BCUT2D eigenvalue weighted by Crippen LogP contribution is -2.34. The Bertz CT molecular complexity index is 421. The molecule has 0 fully saturated rings. The minimum Gasteiger partial charge on any atom is -0.506 e. The van der Waals surface area contributed by atoms with E-state index in [9.17, 15) is 9.90 Å². The van der Waals surface area contributed by atoms with Gasteiger partial charge in [-0.15, -0.1) is 0 Å². The number of phenolic OH excluding ortho intramolecular Hbond substituents is 1. The lowest BCUT2D eigenvalue weighted by molar-refractivity contribution is -0.146. The minimum absolute atomic E-state index is 0.00688. The van der Waals surface area contributed by atoms with Gasteiger partial charge in [-0.05, 0) is 38.5 Å². The van der Waals surface area contributed by atoms with Crippen LogP contribution in [0.5, 0.6) is 5.75 Å². The van der Waals surface area contributed by atoms with Crippen molar-refractivity contribution < 1.29 is 14.6 Å². The molecule has 100 valence electrons. The summed E-state index contributed by atoms with van der Waals surface area (Å²) in [4.78, 5) is 11.9. The van der Waals surface area contributed by atoms with E-state index in [2.05, 4.69) is 5.32 Å². The molecule has 0 aliphatic heterocycles. The number of esters is 1. The molecule has 1 aromatic rings. The van der Waals surface area contributed by atoms with Gasteiger partial charge in [-0.25, -0.2) is 4.79 Å². The molecular weight excluding hydrogens is 254 g/mol. The number of carbonyl (C=O) groups excluding carboxylic acids is 1. The smallest absolute Gasteiger partial charge is 0.327 e. The molecule has 0 bridgehead atoms. The van der Waals surface area contributed by atoms with Gasteiger partial charge >= 0.3 is 5.97 Å². The van der Waals surface area contributed by atoms with Crippen molar-refractivity contribution in [1.82, 2.24) is 5.32 Å². The van der Waals surface area contributed by atoms with Crippen LogP contribution in [0.4, 0.5) is 0 Å². The highest BCUT2D eigenvalue weighted by Gasteiger charge is 2.23. The average Bonchev–Trinajstić information content (AvgIpc) is 2.30. The van der Waals surface area contributed by atoms with Crippen molar-refractivity contribution >= 4 is 17.6 Å². The molecule has 0 heterocycles. The van der Waals surface area contributed by atoms with Crippen LogP contribution in [0, 0.1) is 0 Å². The van der Waals surface area contributed by atoms with Gasteiger partial charge < -0.3 is 9.84 Å². The first-order chi connectivity index (χ1) is 8.45. The maximum Gasteiger partial charge on any atom is 0.327 e. The van der Waals surface area contributed by atoms with Crippen molar-refractivity contribution in [2.75, 3.05) is 6.61 Å². The molecule has 0 radical (unpaired) electrons. The molecule has 1 atom stereocenters. The number of benzene rings is 1. The van der Waals surface area contributed by atoms with Crippen molar-refractivity contribution in [3.05, 3.63) is 28.8 Å². The number of ether oxygens (including phenoxy) is 1. The molecule has 1 rings (SSSR count). The summed E-state index contributed by atoms with van der Waals surface area (Å²) in [6.07, 6.45) is 0. The molecule has 2 N–H and O–H groups in total. The van der Waals surface area contributed by atoms with Crippen LogP contribution in [0.3, 0.4) is 0 Å². The topological polar surface area (TPSA) is 58.6 Å². The van der Waals surface area contributed by atoms with Gasteiger partial charge in [-0.3, -0.25) is 5.32 Å². The molecule has 1 aromatic carbocycles. The predicted molar refractivity (Wildman–Crippen MR) is 70.8 cm³/mol. The predicted octanol–water partition coefficient (Wildman–Crippen LogP) is 2.65. The number of hydrogen-bond donors (Lipinski definition) is 2. The van der Waals surface area contributed by atoms with Crippen LogP contribution in [-0.2, 0) is 9.53 Å². The zero-order valence-corrected chi connectivity index (χ0v) is 11.5. The van der Waals surface area contributed by atoms with Gasteiger partial charge in [0.2, 0.25) is 0 Å². The SMILES string of the molecule is CCOC(=O)C(NC(C)C)c1ccc(O)c(Cl)c1. The Morgan fingerprint density at radius 1 is 1.50 bits per heavy atom. The maximum atomic E-state index is 11.9. The largest absolute Gasteiger partial charge is 0.506 e. The van der Waals surface area contributed by atoms with Gasteiger partial charge in [0.25, 0.3) is 0 Å². The molecule has 0 amide bonds. The molecule has 1 unspecified atom stereocenters. The third kappa shape index (κ3) is 3.89. The van der Waals surface area contributed by atoms with Crippen LogP contribution in [0.1, 0.15) is 32.4 Å². The van der Waals surface area contributed by atoms with E-state index in [-0.39, 0.29) is 22.8 Å². The number of rotatable bonds is 5. The second-order valence-electron chi connectivity index (χ2n) is 4.22. The monoisotopic (exact) mass is 271 g/mol. The number of phenols is 1. The van der Waals surface area contributed by atoms with E-state index in [1.54, 1.807) is 19.1 Å². The highest BCUT2D eigenvalue weighted by atomic mass is 35.5. The molecule has 4 nitrogen and oxygen atoms in total. The normalized spacial score (nSPS) is 12.5. The van der Waals surface area contributed by atoms with Crippen LogP contribution in [0.25, 0.3) is 0 Å². The molecule has 0 aromatic heterocycles. The van der Waals surface area contributed by atoms with Crippen molar-refractivity contribution in [2.45, 2.75) is 32.9 Å². The fraction of sp³-hybridized carbons (Fsp3) is 0.462. The summed E-state index contributed by atoms with van der Waals surface area (Å²) in [5.74, 6) is -0.361. The molecule has 0 saturated carbocycles. The van der Waals surface area contributed by atoms with E-state index in [0.717, 1.165) is 0 Å². The van der Waals surface area contributed by atoms with Gasteiger partial charge in [-0.2, -0.15) is 0 Å². The molecule has 18 heavy (non-hydrogen) atoms. The van der Waals surface area contributed by atoms with E-state index in [1.807, 2.05) is 13.8 Å². The zero-order valence-electron chi connectivity index (χ0n) is 10.7. The van der Waals surface area contributed by atoms with E-state index in [1.165, 1.54) is 6.07 Å². The Morgan fingerprint density at radius 3 is 2.67 bits per heavy atom. The second kappa shape index (κ2) is 6.61. The Morgan fingerprint density at radius 2 is 2.17 bits per heavy atom. The summed E-state index contributed by atoms with van der Waals surface area (Å²) in [5.41, 5.74) is 0.671. The van der Waals surface area contributed by atoms with E-state index in [4.69, 9.17) is 16.3 Å². The third-order valence-electron chi connectivity index (χ3n) is 2.33. The average molecular weight is 272 g/mol. The summed E-state index contributed by atoms with van der Waals surface area (Å²) >= 11 is 5.85. The number of aromatic hydroxyl groups is 1. The standard InChI is InChI=1S/C13H18ClNO3/c1-4-18-13(17)12(15-8(2)3)9-5-6-11(16)10(14)7-9/h5-8,12,15-16H,4H2,1-3H3. The highest BCUT2D eigenvalue weighted by Crippen LogP contribution is 2.27. The third-order valence-corrected chi connectivity index (χ3v) is 2.63. The van der Waals surface area contributed by atoms with Crippen LogP contribution < -0.4 is 5.32 Å². The maximum absolute atomic E-state index is 11.9. The number of hydrogen-bond acceptors (Lipinski definition) is 4. The first-order valence-electron chi connectivity index (χ1n) is 5.86. The van der Waals surface area contributed by atoms with E-state index < -0.39 is 6.04 Å².